The van der Waals surface area contributed by atoms with Crippen molar-refractivity contribution in [1.29, 1.82) is 0 Å². The topological polar surface area (TPSA) is 170 Å². The number of phosphoric ester groups is 1. The van der Waals surface area contributed by atoms with Gasteiger partial charge in [0.2, 0.25) is 0 Å². The van der Waals surface area contributed by atoms with Gasteiger partial charge in [-0.1, -0.05) is 0 Å². The van der Waals surface area contributed by atoms with E-state index in [2.05, 4.69) is 4.52 Å². The number of phosphoric acid groups is 1. The number of rotatable bonds is 7. The molecule has 0 amide bonds. The minimum Gasteiger partial charge on any atom is -0.790 e. The Morgan fingerprint density at radius 3 is 2.19 bits per heavy atom. The second-order valence-corrected chi connectivity index (χ2v) is 4.02. The van der Waals surface area contributed by atoms with E-state index in [-0.39, 0.29) is 0 Å². The van der Waals surface area contributed by atoms with Gasteiger partial charge in [-0.05, 0) is 0 Å². The Morgan fingerprint density at radius 2 is 1.81 bits per heavy atom. The van der Waals surface area contributed by atoms with E-state index in [1.807, 2.05) is 0 Å². The summed E-state index contributed by atoms with van der Waals surface area (Å²) in [5, 5.41) is 35.3. The van der Waals surface area contributed by atoms with Gasteiger partial charge in [-0.3, -0.25) is 4.79 Å². The summed E-state index contributed by atoms with van der Waals surface area (Å²) >= 11 is 0. The van der Waals surface area contributed by atoms with Crippen molar-refractivity contribution in [1.82, 2.24) is 0 Å². The fourth-order valence-electron chi connectivity index (χ4n) is 0.737. The van der Waals surface area contributed by atoms with E-state index >= 15 is 0 Å². The lowest BCUT2D eigenvalue weighted by Gasteiger charge is -2.29. The van der Waals surface area contributed by atoms with Crippen LogP contribution in [0.25, 0.3) is 0 Å². The Morgan fingerprint density at radius 1 is 1.31 bits per heavy atom. The molecule has 0 spiro atoms. The lowest BCUT2D eigenvalue weighted by atomic mass is 10.1. The summed E-state index contributed by atoms with van der Waals surface area (Å²) < 4.78 is 13.5. The van der Waals surface area contributed by atoms with Crippen molar-refractivity contribution in [3.05, 3.63) is 0 Å². The highest BCUT2D eigenvalue weighted by molar-refractivity contribution is 7.43. The number of aliphatic hydroxyl groups excluding tert-OH is 4. The van der Waals surface area contributed by atoms with Crippen molar-refractivity contribution in [3.63, 3.8) is 0 Å². The van der Waals surface area contributed by atoms with Gasteiger partial charge in [0.1, 0.15) is 24.9 Å². The largest absolute Gasteiger partial charge is 0.790 e. The maximum absolute atomic E-state index is 10.9. The molecule has 0 heterocycles. The number of hydrogen-bond acceptors (Lipinski definition) is 9. The predicted molar refractivity (Wildman–Crippen MR) is 43.7 cm³/mol. The first-order valence-corrected chi connectivity index (χ1v) is 5.49. The van der Waals surface area contributed by atoms with Crippen LogP contribution in [0.5, 0.6) is 0 Å². The molecule has 0 radical (unpaired) electrons. The van der Waals surface area contributed by atoms with Crippen LogP contribution in [0.1, 0.15) is 0 Å². The van der Waals surface area contributed by atoms with Crippen molar-refractivity contribution in [2.24, 2.45) is 0 Å². The first-order valence-electron chi connectivity index (χ1n) is 4.03. The summed E-state index contributed by atoms with van der Waals surface area (Å²) in [6.07, 6.45) is -5.93. The zero-order valence-corrected chi connectivity index (χ0v) is 8.82. The van der Waals surface area contributed by atoms with E-state index in [0.717, 1.165) is 0 Å². The van der Waals surface area contributed by atoms with Gasteiger partial charge in [0.25, 0.3) is 0 Å². The molecule has 16 heavy (non-hydrogen) atoms. The van der Waals surface area contributed by atoms with Gasteiger partial charge in [-0.15, -0.1) is 0 Å². The number of aliphatic hydroxyl groups is 4. The van der Waals surface area contributed by atoms with E-state index in [1.165, 1.54) is 0 Å². The molecule has 0 fully saturated rings. The summed E-state index contributed by atoms with van der Waals surface area (Å²) in [5.74, 6) is -1.31. The standard InChI is InChI=1S/C6H13O9P/c7-1-3(8)5(10)6(11)4(9)2-15-16(12,13)14/h3,5-8,10-11H,1-2H2,(H2,12,13,14)/p-2/t3-,5+,6+/m0/s1. The SMILES string of the molecule is O=C(COP(=O)([O-])[O-])[C@@H](O)[C@H](O)[C@@H](O)CO. The third-order valence-electron chi connectivity index (χ3n) is 1.60. The van der Waals surface area contributed by atoms with E-state index in [1.54, 1.807) is 0 Å². The number of hydrogen-bond donors (Lipinski definition) is 4. The predicted octanol–water partition coefficient (Wildman–Crippen LogP) is -4.52. The van der Waals surface area contributed by atoms with Gasteiger partial charge in [0.15, 0.2) is 5.78 Å². The second-order valence-electron chi connectivity index (χ2n) is 2.87. The Balaban J connectivity index is 4.23. The number of carbonyl (C=O) groups is 1. The van der Waals surface area contributed by atoms with Gasteiger partial charge in [-0.25, -0.2) is 0 Å². The van der Waals surface area contributed by atoms with E-state index in [0.29, 0.717) is 0 Å². The summed E-state index contributed by atoms with van der Waals surface area (Å²) in [7, 11) is -5.35. The van der Waals surface area contributed by atoms with E-state index in [4.69, 9.17) is 20.4 Å². The second kappa shape index (κ2) is 6.38. The molecule has 0 bridgehead atoms. The highest BCUT2D eigenvalue weighted by Crippen LogP contribution is 2.24. The van der Waals surface area contributed by atoms with Crippen molar-refractivity contribution in [3.8, 4) is 0 Å². The average molecular weight is 258 g/mol. The molecule has 0 aliphatic rings. The summed E-state index contributed by atoms with van der Waals surface area (Å²) in [6, 6.07) is 0. The van der Waals surface area contributed by atoms with Crippen LogP contribution in [0.3, 0.4) is 0 Å². The van der Waals surface area contributed by atoms with Gasteiger partial charge in [-0.2, -0.15) is 0 Å². The molecule has 10 heteroatoms. The van der Waals surface area contributed by atoms with Gasteiger partial charge >= 0.3 is 0 Å². The summed E-state index contributed by atoms with van der Waals surface area (Å²) in [5.41, 5.74) is 0. The first kappa shape index (κ1) is 15.6. The third-order valence-corrected chi connectivity index (χ3v) is 2.04. The molecule has 0 aromatic carbocycles. The molecule has 96 valence electrons. The van der Waals surface area contributed by atoms with Crippen molar-refractivity contribution >= 4 is 13.6 Å². The van der Waals surface area contributed by atoms with Crippen LogP contribution in [0.15, 0.2) is 0 Å². The van der Waals surface area contributed by atoms with Crippen LogP contribution in [0, 0.1) is 0 Å². The summed E-state index contributed by atoms with van der Waals surface area (Å²) in [4.78, 5) is 30.9. The zero-order chi connectivity index (χ0) is 12.9. The Bertz CT molecular complexity index is 273. The summed E-state index contributed by atoms with van der Waals surface area (Å²) in [6.45, 7) is -2.16. The number of Topliss-reactive ketones (excluding diaryl/α,β-unsaturated/α-hetero) is 1. The highest BCUT2D eigenvalue weighted by Gasteiger charge is 2.29. The van der Waals surface area contributed by atoms with Crippen LogP contribution < -0.4 is 9.79 Å². The van der Waals surface area contributed by atoms with E-state index < -0.39 is 45.1 Å². The molecular formula is C6H11O9P-2. The lowest BCUT2D eigenvalue weighted by molar-refractivity contribution is -0.341. The molecule has 0 aromatic rings. The molecule has 0 rings (SSSR count). The number of ketones is 1. The van der Waals surface area contributed by atoms with E-state index in [9.17, 15) is 19.1 Å². The molecule has 9 nitrogen and oxygen atoms in total. The number of carbonyl (C=O) groups excluding carboxylic acids is 1. The molecule has 0 saturated carbocycles. The fraction of sp³-hybridized carbons (Fsp3) is 0.833. The van der Waals surface area contributed by atoms with Crippen molar-refractivity contribution in [2.45, 2.75) is 18.3 Å². The lowest BCUT2D eigenvalue weighted by Crippen LogP contribution is -2.45. The molecule has 0 aliphatic heterocycles. The van der Waals surface area contributed by atoms with Crippen LogP contribution in [0.4, 0.5) is 0 Å². The van der Waals surface area contributed by atoms with Gasteiger partial charge in [0.05, 0.1) is 14.4 Å². The van der Waals surface area contributed by atoms with Crippen molar-refractivity contribution in [2.75, 3.05) is 13.2 Å². The molecule has 0 aliphatic carbocycles. The molecule has 3 atom stereocenters. The smallest absolute Gasteiger partial charge is 0.189 e. The molecule has 0 aromatic heterocycles. The Labute approximate surface area is 90.2 Å². The highest BCUT2D eigenvalue weighted by atomic mass is 31.2. The Hall–Kier alpha value is -0.380. The van der Waals surface area contributed by atoms with Gasteiger partial charge in [0, 0.05) is 0 Å². The van der Waals surface area contributed by atoms with Crippen LogP contribution >= 0.6 is 7.82 Å². The maximum Gasteiger partial charge on any atom is 0.189 e. The minimum atomic E-state index is -5.35. The quantitative estimate of drug-likeness (QED) is 0.328. The van der Waals surface area contributed by atoms with Crippen LogP contribution in [-0.2, 0) is 13.9 Å². The monoisotopic (exact) mass is 258 g/mol. The third kappa shape index (κ3) is 5.64. The van der Waals surface area contributed by atoms with Crippen molar-refractivity contribution < 1.29 is 44.1 Å². The minimum absolute atomic E-state index is 0.909. The van der Waals surface area contributed by atoms with Crippen LogP contribution in [0.2, 0.25) is 0 Å². The maximum atomic E-state index is 10.9. The Kier molecular flexibility index (Phi) is 6.23. The van der Waals surface area contributed by atoms with Gasteiger partial charge < -0.3 is 39.3 Å². The first-order chi connectivity index (χ1) is 7.19. The molecular weight excluding hydrogens is 247 g/mol. The molecule has 0 saturated heterocycles. The normalized spacial score (nSPS) is 17.9. The van der Waals surface area contributed by atoms with Crippen LogP contribution in [-0.4, -0.2) is 57.7 Å². The fourth-order valence-corrected chi connectivity index (χ4v) is 1.02. The molecule has 0 unspecified atom stereocenters. The average Bonchev–Trinajstić information content (AvgIpc) is 2.21. The molecule has 4 N–H and O–H groups in total. The zero-order valence-electron chi connectivity index (χ0n) is 7.92.